The van der Waals surface area contributed by atoms with Gasteiger partial charge in [-0.05, 0) is 25.7 Å². The standard InChI is InChI=1S/C11H22N2O3S/c1-2-10-17(15,16)12-7-6-11(14)13-8-4-3-5-9-13/h12H,2-10H2,1H3. The topological polar surface area (TPSA) is 66.5 Å². The van der Waals surface area contributed by atoms with Crippen molar-refractivity contribution < 1.29 is 13.2 Å². The van der Waals surface area contributed by atoms with E-state index in [9.17, 15) is 13.2 Å². The number of piperidine rings is 1. The van der Waals surface area contributed by atoms with Crippen molar-refractivity contribution in [2.24, 2.45) is 0 Å². The van der Waals surface area contributed by atoms with Crippen LogP contribution in [-0.2, 0) is 14.8 Å². The molecule has 5 nitrogen and oxygen atoms in total. The third-order valence-electron chi connectivity index (χ3n) is 2.84. The highest BCUT2D eigenvalue weighted by atomic mass is 32.2. The summed E-state index contributed by atoms with van der Waals surface area (Å²) in [5, 5.41) is 0. The third-order valence-corrected chi connectivity index (χ3v) is 4.43. The van der Waals surface area contributed by atoms with Crippen molar-refractivity contribution in [1.82, 2.24) is 9.62 Å². The zero-order chi connectivity index (χ0) is 12.7. The van der Waals surface area contributed by atoms with Crippen molar-refractivity contribution in [3.8, 4) is 0 Å². The maximum Gasteiger partial charge on any atom is 0.223 e. The van der Waals surface area contributed by atoms with Crippen LogP contribution >= 0.6 is 0 Å². The van der Waals surface area contributed by atoms with Gasteiger partial charge in [-0.25, -0.2) is 13.1 Å². The quantitative estimate of drug-likeness (QED) is 0.767. The van der Waals surface area contributed by atoms with Crippen LogP contribution in [0.25, 0.3) is 0 Å². The Morgan fingerprint density at radius 2 is 1.88 bits per heavy atom. The van der Waals surface area contributed by atoms with Crippen LogP contribution in [0.15, 0.2) is 0 Å². The van der Waals surface area contributed by atoms with Gasteiger partial charge in [0.2, 0.25) is 15.9 Å². The Morgan fingerprint density at radius 3 is 2.47 bits per heavy atom. The Hall–Kier alpha value is -0.620. The van der Waals surface area contributed by atoms with Gasteiger partial charge in [-0.3, -0.25) is 4.79 Å². The van der Waals surface area contributed by atoms with Gasteiger partial charge in [0, 0.05) is 26.1 Å². The highest BCUT2D eigenvalue weighted by molar-refractivity contribution is 7.89. The number of rotatable bonds is 6. The Balaban J connectivity index is 2.24. The predicted molar refractivity (Wildman–Crippen MR) is 67.1 cm³/mol. The van der Waals surface area contributed by atoms with Gasteiger partial charge in [0.25, 0.3) is 0 Å². The second-order valence-corrected chi connectivity index (χ2v) is 6.33. The molecule has 0 aromatic heterocycles. The van der Waals surface area contributed by atoms with E-state index in [1.165, 1.54) is 6.42 Å². The largest absolute Gasteiger partial charge is 0.343 e. The number of hydrogen-bond donors (Lipinski definition) is 1. The molecular weight excluding hydrogens is 240 g/mol. The molecular formula is C11H22N2O3S. The van der Waals surface area contributed by atoms with Crippen LogP contribution in [0.4, 0.5) is 0 Å². The molecule has 0 aromatic rings. The first-order valence-corrected chi connectivity index (χ1v) is 7.95. The SMILES string of the molecule is CCCS(=O)(=O)NCCC(=O)N1CCCCC1. The van der Waals surface area contributed by atoms with E-state index in [2.05, 4.69) is 4.72 Å². The molecule has 1 rings (SSSR count). The van der Waals surface area contributed by atoms with Gasteiger partial charge in [-0.2, -0.15) is 0 Å². The van der Waals surface area contributed by atoms with E-state index in [0.29, 0.717) is 6.42 Å². The summed E-state index contributed by atoms with van der Waals surface area (Å²) in [7, 11) is -3.18. The summed E-state index contributed by atoms with van der Waals surface area (Å²) in [5.41, 5.74) is 0. The second-order valence-electron chi connectivity index (χ2n) is 4.40. The number of nitrogens with zero attached hydrogens (tertiary/aromatic N) is 1. The zero-order valence-electron chi connectivity index (χ0n) is 10.4. The molecule has 6 heteroatoms. The number of sulfonamides is 1. The van der Waals surface area contributed by atoms with Crippen LogP contribution in [0.3, 0.4) is 0 Å². The summed E-state index contributed by atoms with van der Waals surface area (Å²) in [4.78, 5) is 13.6. The van der Waals surface area contributed by atoms with E-state index in [0.717, 1.165) is 25.9 Å². The number of likely N-dealkylation sites (tertiary alicyclic amines) is 1. The van der Waals surface area contributed by atoms with Gasteiger partial charge in [0.1, 0.15) is 0 Å². The highest BCUT2D eigenvalue weighted by Crippen LogP contribution is 2.09. The molecule has 1 N–H and O–H groups in total. The molecule has 1 fully saturated rings. The highest BCUT2D eigenvalue weighted by Gasteiger charge is 2.16. The molecule has 1 amide bonds. The molecule has 17 heavy (non-hydrogen) atoms. The van der Waals surface area contributed by atoms with Gasteiger partial charge >= 0.3 is 0 Å². The minimum atomic E-state index is -3.18. The zero-order valence-corrected chi connectivity index (χ0v) is 11.3. The molecule has 0 unspecified atom stereocenters. The number of hydrogen-bond acceptors (Lipinski definition) is 3. The maximum atomic E-state index is 11.7. The lowest BCUT2D eigenvalue weighted by molar-refractivity contribution is -0.131. The fraction of sp³-hybridized carbons (Fsp3) is 0.909. The van der Waals surface area contributed by atoms with Crippen molar-refractivity contribution >= 4 is 15.9 Å². The number of nitrogens with one attached hydrogen (secondary N) is 1. The Kier molecular flexibility index (Phi) is 5.91. The summed E-state index contributed by atoms with van der Waals surface area (Å²) >= 11 is 0. The molecule has 100 valence electrons. The first-order chi connectivity index (χ1) is 8.05. The summed E-state index contributed by atoms with van der Waals surface area (Å²) < 4.78 is 25.2. The first kappa shape index (κ1) is 14.4. The molecule has 1 aliphatic heterocycles. The van der Waals surface area contributed by atoms with E-state index < -0.39 is 10.0 Å². The van der Waals surface area contributed by atoms with E-state index in [1.807, 2.05) is 11.8 Å². The van der Waals surface area contributed by atoms with Crippen LogP contribution in [-0.4, -0.2) is 44.6 Å². The minimum Gasteiger partial charge on any atom is -0.343 e. The van der Waals surface area contributed by atoms with Crippen LogP contribution < -0.4 is 4.72 Å². The molecule has 1 aliphatic rings. The minimum absolute atomic E-state index is 0.0592. The van der Waals surface area contributed by atoms with Crippen molar-refractivity contribution in [3.05, 3.63) is 0 Å². The Bertz CT molecular complexity index is 335. The average molecular weight is 262 g/mol. The van der Waals surface area contributed by atoms with Crippen LogP contribution in [0.1, 0.15) is 39.0 Å². The lowest BCUT2D eigenvalue weighted by Gasteiger charge is -2.26. The number of carbonyl (C=O) groups is 1. The van der Waals surface area contributed by atoms with E-state index in [-0.39, 0.29) is 24.6 Å². The van der Waals surface area contributed by atoms with E-state index >= 15 is 0 Å². The average Bonchev–Trinajstić information content (AvgIpc) is 2.29. The molecule has 0 bridgehead atoms. The first-order valence-electron chi connectivity index (χ1n) is 6.30. The fourth-order valence-electron chi connectivity index (χ4n) is 1.96. The summed E-state index contributed by atoms with van der Waals surface area (Å²) in [6.07, 6.45) is 4.17. The Morgan fingerprint density at radius 1 is 1.24 bits per heavy atom. The van der Waals surface area contributed by atoms with Crippen molar-refractivity contribution in [2.75, 3.05) is 25.4 Å². The van der Waals surface area contributed by atoms with Gasteiger partial charge in [-0.15, -0.1) is 0 Å². The predicted octanol–water partition coefficient (Wildman–Crippen LogP) is 0.718. The second kappa shape index (κ2) is 6.96. The lowest BCUT2D eigenvalue weighted by Crippen LogP contribution is -2.38. The monoisotopic (exact) mass is 262 g/mol. The summed E-state index contributed by atoms with van der Waals surface area (Å²) in [5.74, 6) is 0.189. The normalized spacial score (nSPS) is 17.1. The van der Waals surface area contributed by atoms with E-state index in [1.54, 1.807) is 0 Å². The summed E-state index contributed by atoms with van der Waals surface area (Å²) in [6.45, 7) is 3.68. The molecule has 1 heterocycles. The molecule has 0 atom stereocenters. The van der Waals surface area contributed by atoms with Crippen LogP contribution in [0, 0.1) is 0 Å². The molecule has 0 radical (unpaired) electrons. The van der Waals surface area contributed by atoms with Crippen LogP contribution in [0.5, 0.6) is 0 Å². The van der Waals surface area contributed by atoms with Gasteiger partial charge in [0.05, 0.1) is 5.75 Å². The maximum absolute atomic E-state index is 11.7. The van der Waals surface area contributed by atoms with Crippen LogP contribution in [0.2, 0.25) is 0 Å². The van der Waals surface area contributed by atoms with Gasteiger partial charge in [0.15, 0.2) is 0 Å². The molecule has 0 saturated carbocycles. The third kappa shape index (κ3) is 5.50. The van der Waals surface area contributed by atoms with Crippen molar-refractivity contribution in [3.63, 3.8) is 0 Å². The fourth-order valence-corrected chi connectivity index (χ4v) is 3.05. The summed E-state index contributed by atoms with van der Waals surface area (Å²) in [6, 6.07) is 0. The number of carbonyl (C=O) groups excluding carboxylic acids is 1. The van der Waals surface area contributed by atoms with Gasteiger partial charge < -0.3 is 4.90 Å². The van der Waals surface area contributed by atoms with E-state index in [4.69, 9.17) is 0 Å². The van der Waals surface area contributed by atoms with Crippen molar-refractivity contribution in [2.45, 2.75) is 39.0 Å². The van der Waals surface area contributed by atoms with Gasteiger partial charge in [-0.1, -0.05) is 6.92 Å². The molecule has 0 spiro atoms. The number of amides is 1. The molecule has 0 aromatic carbocycles. The van der Waals surface area contributed by atoms with Crippen molar-refractivity contribution in [1.29, 1.82) is 0 Å². The molecule has 0 aliphatic carbocycles. The smallest absolute Gasteiger partial charge is 0.223 e. The lowest BCUT2D eigenvalue weighted by atomic mass is 10.1. The molecule has 1 saturated heterocycles. The Labute approximate surface area is 104 Å².